The fourth-order valence-electron chi connectivity index (χ4n) is 2.96. The van der Waals surface area contributed by atoms with Crippen molar-refractivity contribution in [1.29, 1.82) is 0 Å². The van der Waals surface area contributed by atoms with Crippen molar-refractivity contribution in [2.75, 3.05) is 11.9 Å². The van der Waals surface area contributed by atoms with Crippen molar-refractivity contribution in [2.45, 2.75) is 38.0 Å². The Balaban J connectivity index is 1.50. The topological polar surface area (TPSA) is 55.1 Å². The van der Waals surface area contributed by atoms with Gasteiger partial charge in [0.1, 0.15) is 5.82 Å². The van der Waals surface area contributed by atoms with E-state index >= 15 is 0 Å². The molecule has 1 aliphatic rings. The average molecular weight is 342 g/mol. The summed E-state index contributed by atoms with van der Waals surface area (Å²) in [6, 6.07) is 12.0. The summed E-state index contributed by atoms with van der Waals surface area (Å²) in [6.45, 7) is 3.03. The molecule has 2 aromatic heterocycles. The van der Waals surface area contributed by atoms with Gasteiger partial charge in [-0.05, 0) is 49.1 Å². The molecule has 0 radical (unpaired) electrons. The lowest BCUT2D eigenvalue weighted by molar-refractivity contribution is 0.690. The predicted molar refractivity (Wildman–Crippen MR) is 95.7 cm³/mol. The molecule has 3 aromatic rings. The molecule has 1 saturated carbocycles. The van der Waals surface area contributed by atoms with Crippen LogP contribution in [0.5, 0.6) is 0 Å². The van der Waals surface area contributed by atoms with E-state index in [1.54, 1.807) is 0 Å². The van der Waals surface area contributed by atoms with Crippen LogP contribution in [0, 0.1) is 0 Å². The number of rotatable bonds is 6. The zero-order valence-corrected chi connectivity index (χ0v) is 14.4. The van der Waals surface area contributed by atoms with E-state index in [1.807, 2.05) is 28.8 Å². The third-order valence-corrected chi connectivity index (χ3v) is 4.85. The zero-order valence-electron chi connectivity index (χ0n) is 13.6. The number of nitrogens with zero attached hydrogens (tertiary/aromatic N) is 4. The molecule has 4 rings (SSSR count). The van der Waals surface area contributed by atoms with Gasteiger partial charge in [0, 0.05) is 23.4 Å². The molecule has 1 atom stereocenters. The number of fused-ring (bicyclic) bond motifs is 1. The first kappa shape index (κ1) is 15.4. The summed E-state index contributed by atoms with van der Waals surface area (Å²) < 4.78 is 1.88. The van der Waals surface area contributed by atoms with Crippen molar-refractivity contribution in [3.8, 4) is 0 Å². The molecular formula is C18H20ClN5. The quantitative estimate of drug-likeness (QED) is 0.727. The van der Waals surface area contributed by atoms with Gasteiger partial charge >= 0.3 is 0 Å². The third kappa shape index (κ3) is 3.08. The summed E-state index contributed by atoms with van der Waals surface area (Å²) in [6.07, 6.45) is 3.43. The second-order valence-electron chi connectivity index (χ2n) is 6.36. The van der Waals surface area contributed by atoms with Crippen LogP contribution in [-0.2, 0) is 0 Å². The highest BCUT2D eigenvalue weighted by Crippen LogP contribution is 2.38. The average Bonchev–Trinajstić information content (AvgIpc) is 3.36. The predicted octanol–water partition coefficient (Wildman–Crippen LogP) is 4.26. The van der Waals surface area contributed by atoms with Gasteiger partial charge in [-0.25, -0.2) is 0 Å². The number of benzene rings is 1. The summed E-state index contributed by atoms with van der Waals surface area (Å²) in [5.41, 5.74) is 2.10. The van der Waals surface area contributed by atoms with Gasteiger partial charge < -0.3 is 5.32 Å². The first-order valence-electron chi connectivity index (χ1n) is 8.46. The molecule has 0 amide bonds. The van der Waals surface area contributed by atoms with Gasteiger partial charge in [-0.15, -0.1) is 15.3 Å². The van der Waals surface area contributed by atoms with Crippen LogP contribution in [0.2, 0.25) is 5.02 Å². The first-order valence-corrected chi connectivity index (χ1v) is 8.84. The number of halogens is 1. The fourth-order valence-corrected chi connectivity index (χ4v) is 3.08. The third-order valence-electron chi connectivity index (χ3n) is 4.59. The van der Waals surface area contributed by atoms with Crippen LogP contribution in [-0.4, -0.2) is 26.4 Å². The summed E-state index contributed by atoms with van der Waals surface area (Å²) in [5, 5.41) is 17.4. The maximum atomic E-state index is 5.98. The SMILES string of the molecule is CCC(CNc1ccc2nnc(C3CC3)n2n1)c1ccc(Cl)cc1. The van der Waals surface area contributed by atoms with Gasteiger partial charge in [-0.1, -0.05) is 30.7 Å². The monoisotopic (exact) mass is 341 g/mol. The minimum Gasteiger partial charge on any atom is -0.368 e. The molecule has 0 aliphatic heterocycles. The minimum absolute atomic E-state index is 0.420. The molecule has 5 nitrogen and oxygen atoms in total. The highest BCUT2D eigenvalue weighted by atomic mass is 35.5. The van der Waals surface area contributed by atoms with Gasteiger partial charge in [-0.2, -0.15) is 4.52 Å². The number of nitrogens with one attached hydrogen (secondary N) is 1. The Bertz CT molecular complexity index is 838. The van der Waals surface area contributed by atoms with Crippen molar-refractivity contribution in [3.63, 3.8) is 0 Å². The van der Waals surface area contributed by atoms with Crippen molar-refractivity contribution < 1.29 is 0 Å². The van der Waals surface area contributed by atoms with Crippen LogP contribution in [0.1, 0.15) is 49.4 Å². The van der Waals surface area contributed by atoms with Crippen LogP contribution in [0.15, 0.2) is 36.4 Å². The lowest BCUT2D eigenvalue weighted by atomic mass is 9.96. The van der Waals surface area contributed by atoms with E-state index in [9.17, 15) is 0 Å². The fraction of sp³-hybridized carbons (Fsp3) is 0.389. The van der Waals surface area contributed by atoms with Gasteiger partial charge in [0.25, 0.3) is 0 Å². The van der Waals surface area contributed by atoms with Crippen LogP contribution < -0.4 is 5.32 Å². The molecule has 6 heteroatoms. The molecule has 24 heavy (non-hydrogen) atoms. The maximum Gasteiger partial charge on any atom is 0.178 e. The largest absolute Gasteiger partial charge is 0.368 e. The molecular weight excluding hydrogens is 322 g/mol. The highest BCUT2D eigenvalue weighted by Gasteiger charge is 2.29. The van der Waals surface area contributed by atoms with Crippen molar-refractivity contribution in [1.82, 2.24) is 19.8 Å². The Morgan fingerprint density at radius 1 is 1.17 bits per heavy atom. The molecule has 1 aliphatic carbocycles. The molecule has 0 bridgehead atoms. The number of hydrogen-bond acceptors (Lipinski definition) is 4. The molecule has 1 aromatic carbocycles. The summed E-state index contributed by atoms with van der Waals surface area (Å²) in [7, 11) is 0. The van der Waals surface area contributed by atoms with Crippen molar-refractivity contribution in [3.05, 3.63) is 52.8 Å². The number of anilines is 1. The molecule has 124 valence electrons. The van der Waals surface area contributed by atoms with E-state index in [0.29, 0.717) is 11.8 Å². The lowest BCUT2D eigenvalue weighted by Gasteiger charge is -2.16. The van der Waals surface area contributed by atoms with Gasteiger partial charge in [0.15, 0.2) is 11.5 Å². The van der Waals surface area contributed by atoms with Crippen molar-refractivity contribution in [2.24, 2.45) is 0 Å². The number of hydrogen-bond donors (Lipinski definition) is 1. The van der Waals surface area contributed by atoms with Crippen LogP contribution in [0.25, 0.3) is 5.65 Å². The summed E-state index contributed by atoms with van der Waals surface area (Å²) >= 11 is 5.98. The van der Waals surface area contributed by atoms with Crippen LogP contribution >= 0.6 is 11.6 Å². The summed E-state index contributed by atoms with van der Waals surface area (Å²) in [4.78, 5) is 0. The minimum atomic E-state index is 0.420. The van der Waals surface area contributed by atoms with Crippen LogP contribution in [0.4, 0.5) is 5.82 Å². The molecule has 1 N–H and O–H groups in total. The molecule has 1 fully saturated rings. The van der Waals surface area contributed by atoms with Gasteiger partial charge in [0.2, 0.25) is 0 Å². The Hall–Kier alpha value is -2.14. The summed E-state index contributed by atoms with van der Waals surface area (Å²) in [5.74, 6) is 2.79. The van der Waals surface area contributed by atoms with Gasteiger partial charge in [0.05, 0.1) is 0 Å². The van der Waals surface area contributed by atoms with E-state index in [1.165, 1.54) is 18.4 Å². The first-order chi connectivity index (χ1) is 11.7. The van der Waals surface area contributed by atoms with Crippen LogP contribution in [0.3, 0.4) is 0 Å². The maximum absolute atomic E-state index is 5.98. The second kappa shape index (κ2) is 6.40. The molecule has 2 heterocycles. The van der Waals surface area contributed by atoms with E-state index in [4.69, 9.17) is 11.6 Å². The standard InChI is InChI=1S/C18H20ClN5/c1-2-12(13-5-7-15(19)8-6-13)11-20-16-9-10-17-21-22-18(14-3-4-14)24(17)23-16/h5-10,12,14H,2-4,11H2,1H3,(H,20,23). The Morgan fingerprint density at radius 3 is 2.67 bits per heavy atom. The number of aromatic nitrogens is 4. The molecule has 0 spiro atoms. The van der Waals surface area contributed by atoms with E-state index in [0.717, 1.165) is 35.3 Å². The van der Waals surface area contributed by atoms with Crippen molar-refractivity contribution >= 4 is 23.1 Å². The highest BCUT2D eigenvalue weighted by molar-refractivity contribution is 6.30. The van der Waals surface area contributed by atoms with Gasteiger partial charge in [-0.3, -0.25) is 0 Å². The van der Waals surface area contributed by atoms with E-state index in [2.05, 4.69) is 39.7 Å². The zero-order chi connectivity index (χ0) is 16.5. The Morgan fingerprint density at radius 2 is 1.96 bits per heavy atom. The normalized spacial score (nSPS) is 15.6. The molecule has 1 unspecified atom stereocenters. The second-order valence-corrected chi connectivity index (χ2v) is 6.80. The smallest absolute Gasteiger partial charge is 0.178 e. The molecule has 0 saturated heterocycles. The Kier molecular flexibility index (Phi) is 4.10. The van der Waals surface area contributed by atoms with E-state index in [-0.39, 0.29) is 0 Å². The van der Waals surface area contributed by atoms with E-state index < -0.39 is 0 Å². The lowest BCUT2D eigenvalue weighted by Crippen LogP contribution is -2.14. The Labute approximate surface area is 146 Å².